The summed E-state index contributed by atoms with van der Waals surface area (Å²) in [6.45, 7) is 3.51. The lowest BCUT2D eigenvalue weighted by molar-refractivity contribution is -0.120. The molecule has 0 saturated carbocycles. The minimum absolute atomic E-state index is 0.176. The minimum Gasteiger partial charge on any atom is -0.453 e. The number of ether oxygens (including phenoxy) is 2. The Hall–Kier alpha value is -3.14. The van der Waals surface area contributed by atoms with E-state index in [2.05, 4.69) is 16.0 Å². The standard InChI is InChI=1S/C33H45ClFN5O7S/c1-3-47-32(43)39-17-15-33(16-18-39,22-9-11-23(34)12-10-22)29(38-31(42)46-2)30(41)37-28-8-4-7-27(35)26(28)14-13-25-20-36-24-6-5-19-48(44,45)40(25)21-24/h4,7-12,24-25,29,36,44-45H,3,5-6,13-21H2,1-2H3,(H,37,41)(H,38,42)/t24-,25+,29-/m1/s1. The topological polar surface area (TPSA) is 153 Å². The van der Waals surface area contributed by atoms with Crippen LogP contribution in [0.2, 0.25) is 5.02 Å². The Labute approximate surface area is 287 Å². The number of fused-ring (bicyclic) bond motifs is 2. The predicted octanol–water partition coefficient (Wildman–Crippen LogP) is 5.37. The van der Waals surface area contributed by atoms with Gasteiger partial charge in [-0.1, -0.05) is 29.8 Å². The highest BCUT2D eigenvalue weighted by Gasteiger charge is 2.48. The number of halogens is 2. The van der Waals surface area contributed by atoms with Crippen molar-refractivity contribution in [2.75, 3.05) is 51.0 Å². The number of anilines is 1. The summed E-state index contributed by atoms with van der Waals surface area (Å²) >= 11 is 6.21. The summed E-state index contributed by atoms with van der Waals surface area (Å²) in [5.41, 5.74) is 0.251. The van der Waals surface area contributed by atoms with E-state index in [1.54, 1.807) is 46.5 Å². The molecule has 48 heavy (non-hydrogen) atoms. The molecule has 3 aliphatic rings. The van der Waals surface area contributed by atoms with Crippen molar-refractivity contribution in [3.05, 3.63) is 64.4 Å². The van der Waals surface area contributed by atoms with Gasteiger partial charge in [0.05, 0.1) is 19.5 Å². The molecule has 1 unspecified atom stereocenters. The maximum atomic E-state index is 15.5. The van der Waals surface area contributed by atoms with Crippen LogP contribution in [0.15, 0.2) is 42.5 Å². The van der Waals surface area contributed by atoms with Gasteiger partial charge in [-0.25, -0.2) is 18.3 Å². The van der Waals surface area contributed by atoms with Crippen molar-refractivity contribution in [1.29, 1.82) is 0 Å². The highest BCUT2D eigenvalue weighted by Crippen LogP contribution is 2.49. The highest BCUT2D eigenvalue weighted by atomic mass is 35.5. The molecule has 15 heteroatoms. The molecule has 2 bridgehead atoms. The number of piperidine rings is 1. The first-order valence-corrected chi connectivity index (χ1v) is 18.4. The lowest BCUT2D eigenvalue weighted by Crippen LogP contribution is -2.60. The lowest BCUT2D eigenvalue weighted by atomic mass is 9.67. The third-order valence-corrected chi connectivity index (χ3v) is 12.1. The van der Waals surface area contributed by atoms with E-state index in [4.69, 9.17) is 21.1 Å². The Morgan fingerprint density at radius 2 is 1.90 bits per heavy atom. The number of benzene rings is 2. The number of hydrogen-bond donors (Lipinski definition) is 5. The lowest BCUT2D eigenvalue weighted by Gasteiger charge is -2.49. The first-order chi connectivity index (χ1) is 23.0. The predicted molar refractivity (Wildman–Crippen MR) is 183 cm³/mol. The fraction of sp³-hybridized carbons (Fsp3) is 0.545. The average Bonchev–Trinajstić information content (AvgIpc) is 3.19. The van der Waals surface area contributed by atoms with E-state index >= 15 is 4.39 Å². The van der Waals surface area contributed by atoms with Crippen molar-refractivity contribution in [3.8, 4) is 0 Å². The summed E-state index contributed by atoms with van der Waals surface area (Å²) in [6.07, 6.45) is 1.52. The second kappa shape index (κ2) is 15.6. The molecule has 5 N–H and O–H groups in total. The van der Waals surface area contributed by atoms with Gasteiger partial charge in [-0.2, -0.15) is 0 Å². The fourth-order valence-electron chi connectivity index (χ4n) is 7.18. The SMILES string of the molecule is CCOC(=O)N1CCC(c2ccc(Cl)cc2)([C@H](NC(=O)OC)C(=O)Nc2cccc(F)c2CC[C@H]2CN[C@@H]3CCCS(O)(O)N2C3)CC1. The van der Waals surface area contributed by atoms with Crippen molar-refractivity contribution in [1.82, 2.24) is 19.8 Å². The number of nitrogens with one attached hydrogen (secondary N) is 3. The molecule has 3 amide bonds. The molecule has 0 aliphatic carbocycles. The summed E-state index contributed by atoms with van der Waals surface area (Å²) < 4.78 is 49.1. The summed E-state index contributed by atoms with van der Waals surface area (Å²) in [7, 11) is -1.73. The van der Waals surface area contributed by atoms with Crippen LogP contribution < -0.4 is 16.0 Å². The smallest absolute Gasteiger partial charge is 0.409 e. The second-order valence-electron chi connectivity index (χ2n) is 12.5. The monoisotopic (exact) mass is 709 g/mol. The zero-order chi connectivity index (χ0) is 34.5. The van der Waals surface area contributed by atoms with E-state index < -0.39 is 46.1 Å². The maximum Gasteiger partial charge on any atom is 0.409 e. The molecule has 3 aliphatic heterocycles. The van der Waals surface area contributed by atoms with E-state index in [0.717, 1.165) is 12.0 Å². The number of likely N-dealkylation sites (tertiary alicyclic amines) is 1. The normalized spacial score (nSPS) is 24.4. The number of nitrogens with zero attached hydrogens (tertiary/aromatic N) is 2. The first kappa shape index (κ1) is 36.1. The molecule has 3 fully saturated rings. The van der Waals surface area contributed by atoms with Crippen molar-refractivity contribution in [2.45, 2.75) is 69.0 Å². The summed E-state index contributed by atoms with van der Waals surface area (Å²) in [5, 5.41) is 9.61. The van der Waals surface area contributed by atoms with Gasteiger partial charge in [0.15, 0.2) is 0 Å². The summed E-state index contributed by atoms with van der Waals surface area (Å²) in [4.78, 5) is 41.2. The molecule has 264 valence electrons. The van der Waals surface area contributed by atoms with Crippen LogP contribution in [-0.4, -0.2) is 100 Å². The molecule has 3 saturated heterocycles. The van der Waals surface area contributed by atoms with Gasteiger partial charge in [0, 0.05) is 60.0 Å². The number of rotatable bonds is 9. The zero-order valence-electron chi connectivity index (χ0n) is 27.3. The van der Waals surface area contributed by atoms with Crippen molar-refractivity contribution >= 4 is 46.2 Å². The minimum atomic E-state index is -2.93. The average molecular weight is 710 g/mol. The van der Waals surface area contributed by atoms with Gasteiger partial charge in [-0.3, -0.25) is 13.9 Å². The number of carbonyl (C=O) groups is 3. The molecule has 4 atom stereocenters. The Morgan fingerprint density at radius 3 is 2.58 bits per heavy atom. The molecule has 0 spiro atoms. The zero-order valence-corrected chi connectivity index (χ0v) is 28.8. The van der Waals surface area contributed by atoms with Gasteiger partial charge in [0.25, 0.3) is 0 Å². The number of piperazine rings is 1. The third-order valence-electron chi connectivity index (χ3n) is 9.76. The highest BCUT2D eigenvalue weighted by molar-refractivity contribution is 8.22. The number of methoxy groups -OCH3 is 1. The Kier molecular flexibility index (Phi) is 11.8. The van der Waals surface area contributed by atoms with Crippen molar-refractivity contribution in [3.63, 3.8) is 0 Å². The van der Waals surface area contributed by atoms with Crippen LogP contribution in [0.5, 0.6) is 0 Å². The first-order valence-electron chi connectivity index (χ1n) is 16.3. The second-order valence-corrected chi connectivity index (χ2v) is 15.1. The molecule has 3 heterocycles. The Balaban J connectivity index is 1.42. The fourth-order valence-corrected chi connectivity index (χ4v) is 9.17. The number of alkyl carbamates (subject to hydrolysis) is 1. The van der Waals surface area contributed by atoms with Gasteiger partial charge in [-0.15, -0.1) is 10.8 Å². The molecular formula is C33H45ClFN5O7S. The molecule has 5 rings (SSSR count). The molecule has 2 aromatic carbocycles. The van der Waals surface area contributed by atoms with Gasteiger partial charge in [-0.05, 0) is 75.3 Å². The summed E-state index contributed by atoms with van der Waals surface area (Å²) in [6, 6.07) is 10.2. The molecular weight excluding hydrogens is 665 g/mol. The third kappa shape index (κ3) is 8.01. The van der Waals surface area contributed by atoms with E-state index in [0.29, 0.717) is 49.5 Å². The van der Waals surface area contributed by atoms with E-state index in [1.807, 2.05) is 0 Å². The summed E-state index contributed by atoms with van der Waals surface area (Å²) in [5.74, 6) is -0.787. The van der Waals surface area contributed by atoms with Crippen molar-refractivity contribution < 1.29 is 37.4 Å². The van der Waals surface area contributed by atoms with Gasteiger partial charge >= 0.3 is 12.2 Å². The molecule has 0 aromatic heterocycles. The van der Waals surface area contributed by atoms with Crippen LogP contribution in [0.25, 0.3) is 0 Å². The maximum absolute atomic E-state index is 15.5. The van der Waals surface area contributed by atoms with Crippen LogP contribution in [0, 0.1) is 5.82 Å². The van der Waals surface area contributed by atoms with E-state index in [-0.39, 0.29) is 49.5 Å². The van der Waals surface area contributed by atoms with Crippen LogP contribution in [0.4, 0.5) is 19.7 Å². The quantitative estimate of drug-likeness (QED) is 0.232. The molecule has 2 aromatic rings. The number of carbonyl (C=O) groups excluding carboxylic acids is 3. The van der Waals surface area contributed by atoms with Crippen LogP contribution in [0.3, 0.4) is 0 Å². The number of amides is 3. The Bertz CT molecular complexity index is 1460. The van der Waals surface area contributed by atoms with E-state index in [9.17, 15) is 23.5 Å². The molecule has 12 nitrogen and oxygen atoms in total. The Morgan fingerprint density at radius 1 is 1.17 bits per heavy atom. The van der Waals surface area contributed by atoms with E-state index in [1.165, 1.54) is 19.2 Å². The van der Waals surface area contributed by atoms with Gasteiger partial charge in [0.2, 0.25) is 5.91 Å². The van der Waals surface area contributed by atoms with Crippen LogP contribution >= 0.6 is 22.4 Å². The van der Waals surface area contributed by atoms with Gasteiger partial charge < -0.3 is 30.3 Å². The number of hydrogen-bond acceptors (Lipinski definition) is 9. The van der Waals surface area contributed by atoms with Crippen molar-refractivity contribution in [2.24, 2.45) is 0 Å². The molecule has 0 radical (unpaired) electrons. The largest absolute Gasteiger partial charge is 0.453 e. The van der Waals surface area contributed by atoms with Gasteiger partial charge in [0.1, 0.15) is 11.9 Å². The van der Waals surface area contributed by atoms with Crippen LogP contribution in [-0.2, 0) is 26.1 Å². The van der Waals surface area contributed by atoms with Crippen LogP contribution in [0.1, 0.15) is 50.2 Å².